The molecule has 2 aromatic rings. The van der Waals surface area contributed by atoms with Gasteiger partial charge in [-0.15, -0.1) is 0 Å². The van der Waals surface area contributed by atoms with Gasteiger partial charge in [0.1, 0.15) is 5.82 Å². The van der Waals surface area contributed by atoms with E-state index in [0.29, 0.717) is 23.4 Å². The van der Waals surface area contributed by atoms with E-state index >= 15 is 0 Å². The average molecular weight is 434 g/mol. The zero-order chi connectivity index (χ0) is 19.4. The van der Waals surface area contributed by atoms with Gasteiger partial charge in [0.25, 0.3) is 5.91 Å². The maximum Gasteiger partial charge on any atom is 0.251 e. The molecule has 1 aliphatic rings. The van der Waals surface area contributed by atoms with Crippen LogP contribution in [0.4, 0.5) is 10.1 Å². The lowest BCUT2D eigenvalue weighted by Gasteiger charge is -2.17. The minimum absolute atomic E-state index is 0.102. The van der Waals surface area contributed by atoms with Crippen LogP contribution in [0, 0.1) is 5.82 Å². The number of carbonyl (C=O) groups excluding carboxylic acids is 2. The average Bonchev–Trinajstić information content (AvgIpc) is 3.42. The summed E-state index contributed by atoms with van der Waals surface area (Å²) in [4.78, 5) is 26.1. The van der Waals surface area contributed by atoms with Crippen molar-refractivity contribution in [1.29, 1.82) is 0 Å². The van der Waals surface area contributed by atoms with E-state index in [-0.39, 0.29) is 30.2 Å². The van der Waals surface area contributed by atoms with Crippen molar-refractivity contribution in [2.24, 2.45) is 0 Å². The molecule has 0 heterocycles. The number of anilines is 1. The zero-order valence-corrected chi connectivity index (χ0v) is 16.6. The molecule has 1 fully saturated rings. The quantitative estimate of drug-likeness (QED) is 0.701. The lowest BCUT2D eigenvalue weighted by Crippen LogP contribution is -2.30. The highest BCUT2D eigenvalue weighted by atomic mass is 79.9. The fraction of sp³-hybridized carbons (Fsp3) is 0.300. The molecule has 0 aromatic heterocycles. The van der Waals surface area contributed by atoms with Gasteiger partial charge in [-0.3, -0.25) is 14.5 Å². The summed E-state index contributed by atoms with van der Waals surface area (Å²) in [6, 6.07) is 11.9. The number of amides is 2. The second-order valence-electron chi connectivity index (χ2n) is 6.78. The third-order valence-corrected chi connectivity index (χ3v) is 4.68. The minimum atomic E-state index is -0.306. The first-order valence-corrected chi connectivity index (χ1v) is 9.53. The minimum Gasteiger partial charge on any atom is -0.349 e. The lowest BCUT2D eigenvalue weighted by molar-refractivity contribution is -0.117. The first kappa shape index (κ1) is 19.5. The maximum atomic E-state index is 13.8. The highest BCUT2D eigenvalue weighted by Gasteiger charge is 2.23. The number of hydrogen-bond donors (Lipinski definition) is 2. The Morgan fingerprint density at radius 1 is 1.22 bits per heavy atom. The van der Waals surface area contributed by atoms with Crippen molar-refractivity contribution in [1.82, 2.24) is 10.2 Å². The van der Waals surface area contributed by atoms with Crippen LogP contribution in [0.3, 0.4) is 0 Å². The number of likely N-dealkylation sites (N-methyl/N-ethyl adjacent to an activating group) is 1. The maximum absolute atomic E-state index is 13.8. The van der Waals surface area contributed by atoms with Crippen LogP contribution in [0.2, 0.25) is 0 Å². The van der Waals surface area contributed by atoms with Crippen LogP contribution in [0.5, 0.6) is 0 Å². The monoisotopic (exact) mass is 433 g/mol. The highest BCUT2D eigenvalue weighted by Crippen LogP contribution is 2.20. The summed E-state index contributed by atoms with van der Waals surface area (Å²) in [6.45, 7) is 0.410. The summed E-state index contributed by atoms with van der Waals surface area (Å²) < 4.78 is 14.6. The Bertz CT molecular complexity index is 855. The Kier molecular flexibility index (Phi) is 6.23. The van der Waals surface area contributed by atoms with E-state index in [2.05, 4.69) is 26.6 Å². The van der Waals surface area contributed by atoms with Crippen LogP contribution in [0.15, 0.2) is 46.9 Å². The molecule has 0 radical (unpaired) electrons. The fourth-order valence-electron chi connectivity index (χ4n) is 2.69. The summed E-state index contributed by atoms with van der Waals surface area (Å²) in [7, 11) is 1.75. The van der Waals surface area contributed by atoms with Crippen molar-refractivity contribution in [3.05, 3.63) is 63.9 Å². The molecule has 2 amide bonds. The smallest absolute Gasteiger partial charge is 0.251 e. The summed E-state index contributed by atoms with van der Waals surface area (Å²) in [6.07, 6.45) is 2.04. The van der Waals surface area contributed by atoms with Crippen LogP contribution in [-0.2, 0) is 11.3 Å². The molecule has 0 atom stereocenters. The van der Waals surface area contributed by atoms with Crippen LogP contribution in [0.1, 0.15) is 28.8 Å². The van der Waals surface area contributed by atoms with Gasteiger partial charge in [-0.2, -0.15) is 0 Å². The second-order valence-corrected chi connectivity index (χ2v) is 7.70. The Labute approximate surface area is 166 Å². The Morgan fingerprint density at radius 2 is 2.00 bits per heavy atom. The van der Waals surface area contributed by atoms with Crippen molar-refractivity contribution in [3.63, 3.8) is 0 Å². The lowest BCUT2D eigenvalue weighted by atomic mass is 10.2. The van der Waals surface area contributed by atoms with Crippen LogP contribution in [0.25, 0.3) is 0 Å². The number of rotatable bonds is 7. The van der Waals surface area contributed by atoms with E-state index in [1.807, 2.05) is 0 Å². The first-order valence-electron chi connectivity index (χ1n) is 8.74. The van der Waals surface area contributed by atoms with Crippen molar-refractivity contribution in [3.8, 4) is 0 Å². The third-order valence-electron chi connectivity index (χ3n) is 4.18. The number of carbonyl (C=O) groups is 2. The molecule has 3 rings (SSSR count). The molecule has 27 heavy (non-hydrogen) atoms. The molecule has 142 valence electrons. The highest BCUT2D eigenvalue weighted by molar-refractivity contribution is 9.10. The molecule has 1 saturated carbocycles. The number of halogens is 2. The van der Waals surface area contributed by atoms with E-state index in [0.717, 1.165) is 17.3 Å². The molecule has 0 saturated heterocycles. The topological polar surface area (TPSA) is 61.4 Å². The van der Waals surface area contributed by atoms with Gasteiger partial charge in [0, 0.05) is 33.9 Å². The van der Waals surface area contributed by atoms with E-state index in [1.165, 1.54) is 6.07 Å². The summed E-state index contributed by atoms with van der Waals surface area (Å²) in [5, 5.41) is 5.71. The van der Waals surface area contributed by atoms with Gasteiger partial charge < -0.3 is 10.6 Å². The van der Waals surface area contributed by atoms with Crippen molar-refractivity contribution in [2.45, 2.75) is 25.4 Å². The predicted octanol–water partition coefficient (Wildman–Crippen LogP) is 3.55. The van der Waals surface area contributed by atoms with E-state index < -0.39 is 0 Å². The summed E-state index contributed by atoms with van der Waals surface area (Å²) >= 11 is 3.32. The van der Waals surface area contributed by atoms with Crippen molar-refractivity contribution < 1.29 is 14.0 Å². The number of nitrogens with one attached hydrogen (secondary N) is 2. The molecule has 0 aliphatic heterocycles. The van der Waals surface area contributed by atoms with Gasteiger partial charge in [0.05, 0.1) is 6.54 Å². The summed E-state index contributed by atoms with van der Waals surface area (Å²) in [5.74, 6) is -0.664. The first-order chi connectivity index (χ1) is 12.9. The second kappa shape index (κ2) is 8.63. The Hall–Kier alpha value is -2.25. The van der Waals surface area contributed by atoms with Crippen molar-refractivity contribution in [2.75, 3.05) is 18.9 Å². The number of nitrogens with zero attached hydrogens (tertiary/aromatic N) is 1. The number of hydrogen-bond acceptors (Lipinski definition) is 3. The van der Waals surface area contributed by atoms with Crippen molar-refractivity contribution >= 4 is 33.4 Å². The Morgan fingerprint density at radius 3 is 2.74 bits per heavy atom. The van der Waals surface area contributed by atoms with Gasteiger partial charge in [-0.05, 0) is 56.3 Å². The number of benzene rings is 2. The molecule has 5 nitrogen and oxygen atoms in total. The van der Waals surface area contributed by atoms with Gasteiger partial charge in [0.2, 0.25) is 5.91 Å². The van der Waals surface area contributed by atoms with Crippen LogP contribution in [-0.4, -0.2) is 36.3 Å². The molecule has 2 aromatic carbocycles. The van der Waals surface area contributed by atoms with Gasteiger partial charge >= 0.3 is 0 Å². The molecular formula is C20H21BrFN3O2. The van der Waals surface area contributed by atoms with Crippen LogP contribution < -0.4 is 10.6 Å². The molecule has 7 heteroatoms. The summed E-state index contributed by atoms with van der Waals surface area (Å²) in [5.41, 5.74) is 1.59. The molecule has 0 bridgehead atoms. The van der Waals surface area contributed by atoms with Gasteiger partial charge in [0.15, 0.2) is 0 Å². The largest absolute Gasteiger partial charge is 0.349 e. The van der Waals surface area contributed by atoms with Crippen LogP contribution >= 0.6 is 15.9 Å². The molecule has 0 spiro atoms. The normalized spacial score (nSPS) is 13.5. The zero-order valence-electron chi connectivity index (χ0n) is 15.0. The molecule has 2 N–H and O–H groups in total. The molecule has 1 aliphatic carbocycles. The van der Waals surface area contributed by atoms with E-state index in [1.54, 1.807) is 48.3 Å². The van der Waals surface area contributed by atoms with E-state index in [9.17, 15) is 14.0 Å². The SMILES string of the molecule is CN(CC(=O)Nc1cccc(C(=O)NC2CC2)c1)Cc1cc(Br)ccc1F. The third kappa shape index (κ3) is 5.87. The predicted molar refractivity (Wildman–Crippen MR) is 106 cm³/mol. The van der Waals surface area contributed by atoms with E-state index in [4.69, 9.17) is 0 Å². The standard InChI is InChI=1S/C20H21BrFN3O2/c1-25(11-14-9-15(21)5-8-18(14)22)12-19(26)23-17-4-2-3-13(10-17)20(27)24-16-6-7-16/h2-5,8-10,16H,6-7,11-12H2,1H3,(H,23,26)(H,24,27). The van der Waals surface area contributed by atoms with Gasteiger partial charge in [-0.25, -0.2) is 4.39 Å². The Balaban J connectivity index is 1.55. The van der Waals surface area contributed by atoms with Gasteiger partial charge in [-0.1, -0.05) is 22.0 Å². The fourth-order valence-corrected chi connectivity index (χ4v) is 3.10. The molecular weight excluding hydrogens is 413 g/mol. The molecule has 0 unspecified atom stereocenters.